The molecule has 0 aromatic heterocycles. The highest BCUT2D eigenvalue weighted by Crippen LogP contribution is 2.25. The molecule has 0 unspecified atom stereocenters. The van der Waals surface area contributed by atoms with Crippen LogP contribution in [-0.4, -0.2) is 58.5 Å². The lowest BCUT2D eigenvalue weighted by Crippen LogP contribution is -2.44. The first-order valence-electron chi connectivity index (χ1n) is 10.9. The van der Waals surface area contributed by atoms with Gasteiger partial charge in [0.05, 0.1) is 23.1 Å². The van der Waals surface area contributed by atoms with E-state index in [9.17, 15) is 18.0 Å². The van der Waals surface area contributed by atoms with E-state index >= 15 is 0 Å². The van der Waals surface area contributed by atoms with Gasteiger partial charge in [-0.2, -0.15) is 0 Å². The number of aryl methyl sites for hydroxylation is 1. The summed E-state index contributed by atoms with van der Waals surface area (Å²) in [6.07, 6.45) is 1.45. The van der Waals surface area contributed by atoms with Crippen LogP contribution in [0.5, 0.6) is 5.75 Å². The SMILES string of the molecule is CCOC(=O)[C@H]1CCCN(C(=O)COc2ccc(N(C)S(=O)(=O)c3ccc(C)cc3)cc2)C1. The van der Waals surface area contributed by atoms with Crippen LogP contribution in [0.2, 0.25) is 0 Å². The normalized spacial score (nSPS) is 16.2. The Bertz CT molecular complexity index is 1070. The van der Waals surface area contributed by atoms with Crippen molar-refractivity contribution in [2.75, 3.05) is 37.7 Å². The highest BCUT2D eigenvalue weighted by Gasteiger charge is 2.29. The number of rotatable bonds is 8. The number of hydrogen-bond donors (Lipinski definition) is 0. The number of anilines is 1. The van der Waals surface area contributed by atoms with Crippen LogP contribution >= 0.6 is 0 Å². The Balaban J connectivity index is 1.57. The van der Waals surface area contributed by atoms with E-state index in [2.05, 4.69) is 0 Å². The van der Waals surface area contributed by atoms with Crippen molar-refractivity contribution in [3.8, 4) is 5.75 Å². The molecular formula is C24H30N2O6S. The van der Waals surface area contributed by atoms with Gasteiger partial charge in [0.1, 0.15) is 5.75 Å². The van der Waals surface area contributed by atoms with Crippen molar-refractivity contribution >= 4 is 27.6 Å². The minimum Gasteiger partial charge on any atom is -0.484 e. The number of benzene rings is 2. The molecule has 0 bridgehead atoms. The van der Waals surface area contributed by atoms with E-state index in [-0.39, 0.29) is 29.3 Å². The maximum absolute atomic E-state index is 12.8. The predicted octanol–water partition coefficient (Wildman–Crippen LogP) is 3.00. The Morgan fingerprint density at radius 3 is 2.39 bits per heavy atom. The summed E-state index contributed by atoms with van der Waals surface area (Å²) >= 11 is 0. The van der Waals surface area contributed by atoms with Gasteiger partial charge in [0.2, 0.25) is 0 Å². The highest BCUT2D eigenvalue weighted by atomic mass is 32.2. The van der Waals surface area contributed by atoms with Crippen LogP contribution in [0.4, 0.5) is 5.69 Å². The monoisotopic (exact) mass is 474 g/mol. The molecule has 2 aromatic rings. The van der Waals surface area contributed by atoms with E-state index in [1.807, 2.05) is 6.92 Å². The largest absolute Gasteiger partial charge is 0.484 e. The molecule has 0 radical (unpaired) electrons. The molecule has 1 aliphatic rings. The molecule has 0 saturated carbocycles. The van der Waals surface area contributed by atoms with Crippen molar-refractivity contribution in [3.05, 3.63) is 54.1 Å². The molecule has 178 valence electrons. The van der Waals surface area contributed by atoms with E-state index < -0.39 is 10.0 Å². The first-order valence-corrected chi connectivity index (χ1v) is 12.4. The quantitative estimate of drug-likeness (QED) is 0.546. The number of esters is 1. The summed E-state index contributed by atoms with van der Waals surface area (Å²) in [5.74, 6) is -0.316. The van der Waals surface area contributed by atoms with Gasteiger partial charge in [0.15, 0.2) is 6.61 Å². The van der Waals surface area contributed by atoms with Crippen LogP contribution in [0.25, 0.3) is 0 Å². The molecule has 2 aromatic carbocycles. The summed E-state index contributed by atoms with van der Waals surface area (Å²) in [5, 5.41) is 0. The van der Waals surface area contributed by atoms with Crippen LogP contribution < -0.4 is 9.04 Å². The number of nitrogens with zero attached hydrogens (tertiary/aromatic N) is 2. The lowest BCUT2D eigenvalue weighted by atomic mass is 9.98. The summed E-state index contributed by atoms with van der Waals surface area (Å²) in [6.45, 7) is 4.74. The molecule has 1 atom stereocenters. The van der Waals surface area contributed by atoms with Crippen LogP contribution in [0, 0.1) is 12.8 Å². The van der Waals surface area contributed by atoms with Gasteiger partial charge >= 0.3 is 5.97 Å². The molecular weight excluding hydrogens is 444 g/mol. The predicted molar refractivity (Wildman–Crippen MR) is 125 cm³/mol. The van der Waals surface area contributed by atoms with E-state index in [1.165, 1.54) is 11.4 Å². The average molecular weight is 475 g/mol. The van der Waals surface area contributed by atoms with E-state index in [0.717, 1.165) is 12.0 Å². The third kappa shape index (κ3) is 6.04. The third-order valence-electron chi connectivity index (χ3n) is 5.64. The fraction of sp³-hybridized carbons (Fsp3) is 0.417. The van der Waals surface area contributed by atoms with Crippen LogP contribution in [0.15, 0.2) is 53.4 Å². The average Bonchev–Trinajstić information content (AvgIpc) is 2.83. The molecule has 1 fully saturated rings. The number of hydrogen-bond acceptors (Lipinski definition) is 6. The van der Waals surface area contributed by atoms with E-state index in [4.69, 9.17) is 9.47 Å². The molecule has 8 nitrogen and oxygen atoms in total. The van der Waals surface area contributed by atoms with Crippen molar-refractivity contribution in [3.63, 3.8) is 0 Å². The van der Waals surface area contributed by atoms with Crippen molar-refractivity contribution in [1.82, 2.24) is 4.90 Å². The second-order valence-electron chi connectivity index (χ2n) is 8.00. The van der Waals surface area contributed by atoms with E-state index in [1.54, 1.807) is 60.4 Å². The van der Waals surface area contributed by atoms with Gasteiger partial charge in [0.25, 0.3) is 15.9 Å². The molecule has 1 saturated heterocycles. The van der Waals surface area contributed by atoms with Crippen molar-refractivity contribution in [1.29, 1.82) is 0 Å². The number of piperidine rings is 1. The molecule has 1 amide bonds. The molecule has 0 aliphatic carbocycles. The zero-order valence-corrected chi connectivity index (χ0v) is 20.0. The Kier molecular flexibility index (Phi) is 7.97. The number of sulfonamides is 1. The number of amides is 1. The Hall–Kier alpha value is -3.07. The molecule has 1 heterocycles. The second-order valence-corrected chi connectivity index (χ2v) is 9.97. The number of ether oxygens (including phenoxy) is 2. The number of carbonyl (C=O) groups is 2. The zero-order chi connectivity index (χ0) is 24.0. The number of carbonyl (C=O) groups excluding carboxylic acids is 2. The summed E-state index contributed by atoms with van der Waals surface area (Å²) in [4.78, 5) is 26.4. The maximum Gasteiger partial charge on any atom is 0.310 e. The first-order chi connectivity index (χ1) is 15.7. The van der Waals surface area contributed by atoms with Crippen molar-refractivity contribution in [2.24, 2.45) is 5.92 Å². The third-order valence-corrected chi connectivity index (χ3v) is 7.44. The smallest absolute Gasteiger partial charge is 0.310 e. The first kappa shape index (κ1) is 24.6. The fourth-order valence-electron chi connectivity index (χ4n) is 3.65. The molecule has 0 N–H and O–H groups in total. The van der Waals surface area contributed by atoms with Gasteiger partial charge in [0, 0.05) is 20.1 Å². The minimum absolute atomic E-state index is 0.160. The van der Waals surface area contributed by atoms with Crippen LogP contribution in [0.1, 0.15) is 25.3 Å². The molecule has 1 aliphatic heterocycles. The molecule has 3 rings (SSSR count). The van der Waals surface area contributed by atoms with Gasteiger partial charge in [-0.25, -0.2) is 8.42 Å². The maximum atomic E-state index is 12.8. The topological polar surface area (TPSA) is 93.2 Å². The highest BCUT2D eigenvalue weighted by molar-refractivity contribution is 7.92. The van der Waals surface area contributed by atoms with Gasteiger partial charge in [-0.05, 0) is 63.1 Å². The summed E-state index contributed by atoms with van der Waals surface area (Å²) < 4.78 is 37.6. The number of likely N-dealkylation sites (tertiary alicyclic amines) is 1. The lowest BCUT2D eigenvalue weighted by Gasteiger charge is -2.31. The minimum atomic E-state index is -3.68. The lowest BCUT2D eigenvalue weighted by molar-refractivity contribution is -0.151. The van der Waals surface area contributed by atoms with Crippen LogP contribution in [-0.2, 0) is 24.3 Å². The summed E-state index contributed by atoms with van der Waals surface area (Å²) in [5.41, 5.74) is 1.45. The summed E-state index contributed by atoms with van der Waals surface area (Å²) in [6, 6.07) is 13.2. The standard InChI is InChI=1S/C24H30N2O6S/c1-4-31-24(28)19-6-5-15-26(16-19)23(27)17-32-21-11-9-20(10-12-21)25(3)33(29,30)22-13-7-18(2)8-14-22/h7-14,19H,4-6,15-17H2,1-3H3/t19-/m0/s1. The van der Waals surface area contributed by atoms with Gasteiger partial charge in [-0.3, -0.25) is 13.9 Å². The fourth-order valence-corrected chi connectivity index (χ4v) is 4.85. The molecule has 9 heteroatoms. The van der Waals surface area contributed by atoms with Gasteiger partial charge in [-0.1, -0.05) is 17.7 Å². The Morgan fingerprint density at radius 1 is 1.09 bits per heavy atom. The van der Waals surface area contributed by atoms with Gasteiger partial charge in [-0.15, -0.1) is 0 Å². The Morgan fingerprint density at radius 2 is 1.76 bits per heavy atom. The van der Waals surface area contributed by atoms with Gasteiger partial charge < -0.3 is 14.4 Å². The Labute approximate surface area is 195 Å². The second kappa shape index (κ2) is 10.7. The van der Waals surface area contributed by atoms with E-state index in [0.29, 0.717) is 37.6 Å². The summed E-state index contributed by atoms with van der Waals surface area (Å²) in [7, 11) is -2.19. The van der Waals surface area contributed by atoms with Crippen molar-refractivity contribution < 1.29 is 27.5 Å². The molecule has 0 spiro atoms. The van der Waals surface area contributed by atoms with Crippen LogP contribution in [0.3, 0.4) is 0 Å². The van der Waals surface area contributed by atoms with Crippen molar-refractivity contribution in [2.45, 2.75) is 31.6 Å². The zero-order valence-electron chi connectivity index (χ0n) is 19.2. The molecule has 33 heavy (non-hydrogen) atoms.